The van der Waals surface area contributed by atoms with Gasteiger partial charge in [0.15, 0.2) is 0 Å². The fourth-order valence-electron chi connectivity index (χ4n) is 4.97. The zero-order chi connectivity index (χ0) is 18.0. The molecule has 6 rings (SSSR count). The van der Waals surface area contributed by atoms with Gasteiger partial charge in [0.25, 0.3) is 0 Å². The van der Waals surface area contributed by atoms with Gasteiger partial charge in [-0.3, -0.25) is 0 Å². The van der Waals surface area contributed by atoms with Crippen LogP contribution < -0.4 is 0 Å². The van der Waals surface area contributed by atoms with Gasteiger partial charge in [0.05, 0.1) is 0 Å². The minimum Gasteiger partial charge on any atom is -0.344 e. The maximum Gasteiger partial charge on any atom is 0.0491 e. The monoisotopic (exact) mass is 345 g/mol. The molecule has 1 heteroatoms. The van der Waals surface area contributed by atoms with Crippen molar-refractivity contribution in [3.63, 3.8) is 0 Å². The van der Waals surface area contributed by atoms with Crippen molar-refractivity contribution in [3.8, 4) is 11.1 Å². The van der Waals surface area contributed by atoms with Gasteiger partial charge in [-0.25, -0.2) is 0 Å². The van der Waals surface area contributed by atoms with Crippen LogP contribution in [0.2, 0.25) is 0 Å². The smallest absolute Gasteiger partial charge is 0.0491 e. The van der Waals surface area contributed by atoms with Gasteiger partial charge in [0.1, 0.15) is 0 Å². The molecule has 0 radical (unpaired) electrons. The molecule has 1 aliphatic carbocycles. The first-order valence-corrected chi connectivity index (χ1v) is 9.49. The van der Waals surface area contributed by atoms with E-state index in [-0.39, 0.29) is 5.92 Å². The number of nitrogens with zero attached hydrogens (tertiary/aromatic N) is 1. The zero-order valence-electron chi connectivity index (χ0n) is 15.2. The minimum absolute atomic E-state index is 0.284. The third-order valence-corrected chi connectivity index (χ3v) is 6.12. The Morgan fingerprint density at radius 3 is 1.85 bits per heavy atom. The van der Waals surface area contributed by atoms with Crippen LogP contribution in [0.4, 0.5) is 0 Å². The maximum absolute atomic E-state index is 2.32. The lowest BCUT2D eigenvalue weighted by Crippen LogP contribution is -2.00. The first kappa shape index (κ1) is 14.8. The molecule has 0 atom stereocenters. The van der Waals surface area contributed by atoms with E-state index in [0.29, 0.717) is 0 Å². The molecule has 0 bridgehead atoms. The molecule has 0 aliphatic heterocycles. The number of hydrogen-bond donors (Lipinski definition) is 0. The second kappa shape index (κ2) is 5.34. The van der Waals surface area contributed by atoms with E-state index in [9.17, 15) is 0 Å². The number of aromatic nitrogens is 1. The van der Waals surface area contributed by atoms with Crippen LogP contribution in [0.1, 0.15) is 22.6 Å². The molecule has 5 aromatic rings. The van der Waals surface area contributed by atoms with Gasteiger partial charge < -0.3 is 4.57 Å². The highest BCUT2D eigenvalue weighted by molar-refractivity contribution is 6.10. The molecule has 4 aromatic carbocycles. The van der Waals surface area contributed by atoms with Gasteiger partial charge in [-0.1, -0.05) is 78.9 Å². The third-order valence-electron chi connectivity index (χ3n) is 6.12. The minimum atomic E-state index is 0.284. The van der Waals surface area contributed by atoms with E-state index in [1.165, 1.54) is 49.6 Å². The predicted octanol–water partition coefficient (Wildman–Crippen LogP) is 6.49. The van der Waals surface area contributed by atoms with Crippen molar-refractivity contribution in [2.24, 2.45) is 7.05 Å². The Morgan fingerprint density at radius 2 is 1.11 bits per heavy atom. The highest BCUT2D eigenvalue weighted by Gasteiger charge is 2.31. The molecule has 27 heavy (non-hydrogen) atoms. The average Bonchev–Trinajstić information content (AvgIpc) is 3.22. The molecule has 0 fully saturated rings. The van der Waals surface area contributed by atoms with Gasteiger partial charge in [0, 0.05) is 34.8 Å². The van der Waals surface area contributed by atoms with Crippen LogP contribution in [-0.4, -0.2) is 4.57 Å². The van der Waals surface area contributed by atoms with Gasteiger partial charge in [-0.15, -0.1) is 0 Å². The Morgan fingerprint density at radius 1 is 0.556 bits per heavy atom. The van der Waals surface area contributed by atoms with Crippen molar-refractivity contribution in [3.05, 3.63) is 108 Å². The summed E-state index contributed by atoms with van der Waals surface area (Å²) in [6, 6.07) is 33.3. The highest BCUT2D eigenvalue weighted by atomic mass is 14.9. The van der Waals surface area contributed by atoms with Crippen LogP contribution >= 0.6 is 0 Å². The first-order valence-electron chi connectivity index (χ1n) is 9.49. The van der Waals surface area contributed by atoms with Crippen LogP contribution in [0.5, 0.6) is 0 Å². The SMILES string of the molecule is Cn1c2ccccc2c2c(C3c4ccccc4-c4ccccc43)cccc21. The van der Waals surface area contributed by atoms with E-state index in [0.717, 1.165) is 0 Å². The lowest BCUT2D eigenvalue weighted by molar-refractivity contribution is 1.00. The summed E-state index contributed by atoms with van der Waals surface area (Å²) in [5.41, 5.74) is 9.57. The number of hydrogen-bond acceptors (Lipinski definition) is 0. The van der Waals surface area contributed by atoms with E-state index >= 15 is 0 Å². The summed E-state index contributed by atoms with van der Waals surface area (Å²) in [6.45, 7) is 0. The normalized spacial score (nSPS) is 13.2. The number of fused-ring (bicyclic) bond motifs is 6. The second-order valence-corrected chi connectivity index (χ2v) is 7.43. The summed E-state index contributed by atoms with van der Waals surface area (Å²) in [7, 11) is 2.17. The van der Waals surface area contributed by atoms with Crippen molar-refractivity contribution in [2.75, 3.05) is 0 Å². The molecule has 1 nitrogen and oxygen atoms in total. The van der Waals surface area contributed by atoms with E-state index in [2.05, 4.69) is 103 Å². The molecule has 1 aliphatic rings. The van der Waals surface area contributed by atoms with Crippen LogP contribution in [0.25, 0.3) is 32.9 Å². The van der Waals surface area contributed by atoms with Crippen molar-refractivity contribution >= 4 is 21.8 Å². The summed E-state index contributed by atoms with van der Waals surface area (Å²) in [5, 5.41) is 2.72. The van der Waals surface area contributed by atoms with Crippen molar-refractivity contribution < 1.29 is 0 Å². The number of para-hydroxylation sites is 1. The van der Waals surface area contributed by atoms with E-state index in [1.807, 2.05) is 0 Å². The predicted molar refractivity (Wildman–Crippen MR) is 113 cm³/mol. The fraction of sp³-hybridized carbons (Fsp3) is 0.0769. The summed E-state index contributed by atoms with van der Waals surface area (Å²) in [5.74, 6) is 0.284. The van der Waals surface area contributed by atoms with Crippen molar-refractivity contribution in [2.45, 2.75) is 5.92 Å². The Labute approximate surface area is 158 Å². The molecular formula is C26H19N. The molecule has 0 N–H and O–H groups in total. The lowest BCUT2D eigenvalue weighted by Gasteiger charge is -2.16. The molecular weight excluding hydrogens is 326 g/mol. The zero-order valence-corrected chi connectivity index (χ0v) is 15.2. The van der Waals surface area contributed by atoms with Crippen LogP contribution in [-0.2, 0) is 7.05 Å². The Kier molecular flexibility index (Phi) is 2.93. The number of aryl methyl sites for hydroxylation is 1. The standard InChI is InChI=1S/C26H19N/c1-27-23-15-7-6-13-21(23)26-22(14-8-16-24(26)27)25-19-11-4-2-9-17(19)18-10-3-5-12-20(18)25/h2-16,25H,1H3. The van der Waals surface area contributed by atoms with Crippen molar-refractivity contribution in [1.29, 1.82) is 0 Å². The molecule has 1 aromatic heterocycles. The summed E-state index contributed by atoms with van der Waals surface area (Å²) < 4.78 is 2.32. The van der Waals surface area contributed by atoms with Gasteiger partial charge in [0.2, 0.25) is 0 Å². The molecule has 0 unspecified atom stereocenters. The van der Waals surface area contributed by atoms with Crippen LogP contribution in [0.3, 0.4) is 0 Å². The Hall–Kier alpha value is -3.32. The maximum atomic E-state index is 2.32. The van der Waals surface area contributed by atoms with Gasteiger partial charge in [-0.2, -0.15) is 0 Å². The molecule has 1 heterocycles. The fourth-order valence-corrected chi connectivity index (χ4v) is 4.97. The quantitative estimate of drug-likeness (QED) is 0.321. The molecule has 128 valence electrons. The first-order chi connectivity index (χ1) is 13.3. The second-order valence-electron chi connectivity index (χ2n) is 7.43. The summed E-state index contributed by atoms with van der Waals surface area (Å²) in [4.78, 5) is 0. The Balaban J connectivity index is 1.76. The van der Waals surface area contributed by atoms with E-state index < -0.39 is 0 Å². The summed E-state index contributed by atoms with van der Waals surface area (Å²) in [6.07, 6.45) is 0. The average molecular weight is 345 g/mol. The molecule has 0 spiro atoms. The third kappa shape index (κ3) is 1.89. The number of benzene rings is 4. The molecule has 0 saturated heterocycles. The lowest BCUT2D eigenvalue weighted by atomic mass is 9.86. The van der Waals surface area contributed by atoms with E-state index in [1.54, 1.807) is 0 Å². The Bertz CT molecular complexity index is 1290. The molecule has 0 amide bonds. The van der Waals surface area contributed by atoms with Gasteiger partial charge in [-0.05, 0) is 39.9 Å². The van der Waals surface area contributed by atoms with Crippen molar-refractivity contribution in [1.82, 2.24) is 4.57 Å². The largest absolute Gasteiger partial charge is 0.344 e. The molecule has 0 saturated carbocycles. The number of rotatable bonds is 1. The van der Waals surface area contributed by atoms with Crippen LogP contribution in [0, 0.1) is 0 Å². The topological polar surface area (TPSA) is 4.93 Å². The van der Waals surface area contributed by atoms with E-state index in [4.69, 9.17) is 0 Å². The highest BCUT2D eigenvalue weighted by Crippen LogP contribution is 2.50. The van der Waals surface area contributed by atoms with Gasteiger partial charge >= 0.3 is 0 Å². The van der Waals surface area contributed by atoms with Crippen LogP contribution in [0.15, 0.2) is 91.0 Å². The summed E-state index contributed by atoms with van der Waals surface area (Å²) >= 11 is 0.